The van der Waals surface area contributed by atoms with Crippen molar-refractivity contribution in [3.05, 3.63) is 65.5 Å². The average Bonchev–Trinajstić information content (AvgIpc) is 3.16. The maximum Gasteiger partial charge on any atom is 0.215 e. The number of rotatable bonds is 8. The van der Waals surface area contributed by atoms with E-state index in [2.05, 4.69) is 31.6 Å². The fraction of sp³-hybridized carbons (Fsp3) is 0.381. The number of nitrogens with one attached hydrogen (secondary N) is 2. The Labute approximate surface area is 182 Å². The minimum absolute atomic E-state index is 0.0903. The van der Waals surface area contributed by atoms with Crippen molar-refractivity contribution in [1.29, 1.82) is 0 Å². The van der Waals surface area contributed by atoms with E-state index in [9.17, 15) is 12.8 Å². The molecular formula is C21H27FN6O2S. The molecule has 0 aromatic carbocycles. The van der Waals surface area contributed by atoms with Crippen molar-refractivity contribution in [3.8, 4) is 0 Å². The van der Waals surface area contributed by atoms with E-state index in [1.54, 1.807) is 30.8 Å². The quantitative estimate of drug-likeness (QED) is 0.416. The van der Waals surface area contributed by atoms with Crippen LogP contribution in [-0.4, -0.2) is 44.9 Å². The lowest BCUT2D eigenvalue weighted by molar-refractivity contribution is 0.237. The van der Waals surface area contributed by atoms with Crippen LogP contribution in [0.1, 0.15) is 31.4 Å². The number of halogens is 1. The first kappa shape index (κ1) is 22.8. The summed E-state index contributed by atoms with van der Waals surface area (Å²) < 4.78 is 39.2. The lowest BCUT2D eigenvalue weighted by atomic mass is 9.66. The molecule has 2 heterocycles. The van der Waals surface area contributed by atoms with Crippen molar-refractivity contribution in [1.82, 2.24) is 15.0 Å². The molecule has 0 amide bonds. The first-order valence-corrected chi connectivity index (χ1v) is 11.8. The molecule has 4 N–H and O–H groups in total. The van der Waals surface area contributed by atoms with Crippen molar-refractivity contribution in [2.75, 3.05) is 19.3 Å². The van der Waals surface area contributed by atoms with Gasteiger partial charge in [0.2, 0.25) is 16.0 Å². The van der Waals surface area contributed by atoms with Gasteiger partial charge in [-0.1, -0.05) is 19.1 Å². The summed E-state index contributed by atoms with van der Waals surface area (Å²) in [5, 5.41) is 3.11. The Morgan fingerprint density at radius 1 is 1.48 bits per heavy atom. The molecule has 3 rings (SSSR count). The molecular weight excluding hydrogens is 419 g/mol. The fourth-order valence-electron chi connectivity index (χ4n) is 3.55. The van der Waals surface area contributed by atoms with Crippen LogP contribution in [0.15, 0.2) is 64.0 Å². The van der Waals surface area contributed by atoms with E-state index in [-0.39, 0.29) is 18.3 Å². The van der Waals surface area contributed by atoms with E-state index >= 15 is 0 Å². The number of hydrogen-bond donors (Lipinski definition) is 3. The molecule has 0 spiro atoms. The Hall–Kier alpha value is -2.85. The van der Waals surface area contributed by atoms with Gasteiger partial charge in [-0.25, -0.2) is 22.5 Å². The van der Waals surface area contributed by atoms with Crippen LogP contribution in [0.5, 0.6) is 0 Å². The predicted octanol–water partition coefficient (Wildman–Crippen LogP) is 1.89. The zero-order valence-electron chi connectivity index (χ0n) is 17.4. The van der Waals surface area contributed by atoms with Crippen LogP contribution in [0, 0.1) is 5.82 Å². The highest BCUT2D eigenvalue weighted by Gasteiger charge is 2.41. The van der Waals surface area contributed by atoms with Gasteiger partial charge in [0.15, 0.2) is 0 Å². The monoisotopic (exact) mass is 446 g/mol. The van der Waals surface area contributed by atoms with Crippen molar-refractivity contribution >= 4 is 22.2 Å². The molecule has 1 aromatic heterocycles. The first-order chi connectivity index (χ1) is 14.7. The van der Waals surface area contributed by atoms with Gasteiger partial charge in [0, 0.05) is 48.3 Å². The highest BCUT2D eigenvalue weighted by atomic mass is 32.2. The number of aliphatic imine (C=N–C) groups is 2. The molecule has 10 heteroatoms. The highest BCUT2D eigenvalue weighted by molar-refractivity contribution is 7.88. The van der Waals surface area contributed by atoms with Crippen LogP contribution in [0.3, 0.4) is 0 Å². The Morgan fingerprint density at radius 3 is 2.87 bits per heavy atom. The predicted molar refractivity (Wildman–Crippen MR) is 121 cm³/mol. The van der Waals surface area contributed by atoms with E-state index in [4.69, 9.17) is 5.73 Å². The Kier molecular flexibility index (Phi) is 7.01. The molecule has 166 valence electrons. The van der Waals surface area contributed by atoms with E-state index in [0.717, 1.165) is 42.4 Å². The number of nitrogens with zero attached hydrogens (tertiary/aromatic N) is 3. The maximum atomic E-state index is 14.2. The lowest BCUT2D eigenvalue weighted by Gasteiger charge is -2.40. The molecule has 0 radical (unpaired) electrons. The molecule has 0 unspecified atom stereocenters. The molecule has 1 fully saturated rings. The Morgan fingerprint density at radius 2 is 2.26 bits per heavy atom. The summed E-state index contributed by atoms with van der Waals surface area (Å²) >= 11 is 0. The molecule has 0 saturated heterocycles. The van der Waals surface area contributed by atoms with Gasteiger partial charge in [-0.3, -0.25) is 9.98 Å². The number of pyridine rings is 1. The molecule has 8 nitrogen and oxygen atoms in total. The van der Waals surface area contributed by atoms with Gasteiger partial charge in [-0.15, -0.1) is 0 Å². The van der Waals surface area contributed by atoms with Gasteiger partial charge < -0.3 is 11.1 Å². The molecule has 0 atom stereocenters. The van der Waals surface area contributed by atoms with Crippen molar-refractivity contribution in [3.63, 3.8) is 0 Å². The average molecular weight is 447 g/mol. The number of hydrogen-bond acceptors (Lipinski definition) is 5. The third-order valence-electron chi connectivity index (χ3n) is 5.44. The summed E-state index contributed by atoms with van der Waals surface area (Å²) in [5.74, 6) is -0.230. The largest absolute Gasteiger partial charge is 0.368 e. The van der Waals surface area contributed by atoms with Gasteiger partial charge in [-0.05, 0) is 30.5 Å². The maximum absolute atomic E-state index is 14.2. The number of aromatic nitrogens is 1. The zero-order valence-corrected chi connectivity index (χ0v) is 18.3. The SMILES string of the molecule is C=CC(C=NC(N)=NCC1(c2ncccc2F)CCC1)=C1CC(CNS(C)(=O)=O)=CN1. The van der Waals surface area contributed by atoms with Crippen LogP contribution in [0.2, 0.25) is 0 Å². The van der Waals surface area contributed by atoms with E-state index in [0.29, 0.717) is 18.7 Å². The van der Waals surface area contributed by atoms with Crippen molar-refractivity contribution in [2.45, 2.75) is 31.1 Å². The number of sulfonamides is 1. The lowest BCUT2D eigenvalue weighted by Crippen LogP contribution is -2.39. The summed E-state index contributed by atoms with van der Waals surface area (Å²) in [5.41, 5.74) is 8.43. The van der Waals surface area contributed by atoms with Crippen LogP contribution < -0.4 is 15.8 Å². The molecule has 1 saturated carbocycles. The third kappa shape index (κ3) is 5.86. The van der Waals surface area contributed by atoms with Gasteiger partial charge in [0.1, 0.15) is 5.82 Å². The Balaban J connectivity index is 1.65. The summed E-state index contributed by atoms with van der Waals surface area (Å²) in [6.45, 7) is 4.35. The number of allylic oxidation sites excluding steroid dienone is 3. The van der Waals surface area contributed by atoms with Gasteiger partial charge in [0.25, 0.3) is 0 Å². The summed E-state index contributed by atoms with van der Waals surface area (Å²) in [6, 6.07) is 2.99. The highest BCUT2D eigenvalue weighted by Crippen LogP contribution is 2.43. The van der Waals surface area contributed by atoms with Gasteiger partial charge in [-0.2, -0.15) is 0 Å². The number of guanidine groups is 1. The van der Waals surface area contributed by atoms with Crippen LogP contribution in [0.25, 0.3) is 0 Å². The second kappa shape index (κ2) is 9.52. The van der Waals surface area contributed by atoms with Crippen LogP contribution in [-0.2, 0) is 15.4 Å². The standard InChI is InChI=1S/C21H27FN6O2S/c1-3-16(18-10-15(11-25-18)12-28-31(2,29)30)13-26-20(23)27-14-21(7-5-8-21)19-17(22)6-4-9-24-19/h3-4,6,9,11,13,25,28H,1,5,7-8,10,12,14H2,2H3,(H2,23,27). The van der Waals surface area contributed by atoms with E-state index in [1.807, 2.05) is 0 Å². The summed E-state index contributed by atoms with van der Waals surface area (Å²) in [4.78, 5) is 12.8. The summed E-state index contributed by atoms with van der Waals surface area (Å²) in [7, 11) is -3.26. The molecule has 1 aliphatic carbocycles. The van der Waals surface area contributed by atoms with Gasteiger partial charge in [0.05, 0.1) is 18.5 Å². The molecule has 0 bridgehead atoms. The fourth-order valence-corrected chi connectivity index (χ4v) is 4.00. The number of nitrogens with two attached hydrogens (primary N) is 1. The van der Waals surface area contributed by atoms with E-state index in [1.165, 1.54) is 6.07 Å². The minimum atomic E-state index is -3.26. The van der Waals surface area contributed by atoms with Crippen LogP contribution >= 0.6 is 0 Å². The third-order valence-corrected chi connectivity index (χ3v) is 6.10. The van der Waals surface area contributed by atoms with E-state index < -0.39 is 15.4 Å². The minimum Gasteiger partial charge on any atom is -0.368 e. The smallest absolute Gasteiger partial charge is 0.215 e. The topological polar surface area (TPSA) is 122 Å². The second-order valence-corrected chi connectivity index (χ2v) is 9.59. The first-order valence-electron chi connectivity index (χ1n) is 9.92. The van der Waals surface area contributed by atoms with Crippen LogP contribution in [0.4, 0.5) is 4.39 Å². The molecule has 1 aromatic rings. The van der Waals surface area contributed by atoms with Crippen molar-refractivity contribution < 1.29 is 12.8 Å². The Bertz CT molecular complexity index is 1070. The summed E-state index contributed by atoms with van der Waals surface area (Å²) in [6.07, 6.45) is 10.8. The second-order valence-electron chi connectivity index (χ2n) is 7.76. The normalized spacial score (nSPS) is 20.2. The van der Waals surface area contributed by atoms with Crippen molar-refractivity contribution in [2.24, 2.45) is 15.7 Å². The molecule has 31 heavy (non-hydrogen) atoms. The van der Waals surface area contributed by atoms with Gasteiger partial charge >= 0.3 is 0 Å². The zero-order chi connectivity index (χ0) is 22.5. The molecule has 2 aliphatic rings. The molecule has 1 aliphatic heterocycles.